The van der Waals surface area contributed by atoms with E-state index in [0.29, 0.717) is 10.3 Å². The van der Waals surface area contributed by atoms with Gasteiger partial charge in [-0.05, 0) is 6.92 Å². The second-order valence-electron chi connectivity index (χ2n) is 2.24. The average molecular weight is 220 g/mol. The molecule has 0 aliphatic rings. The summed E-state index contributed by atoms with van der Waals surface area (Å²) in [5, 5.41) is 19.1. The maximum absolute atomic E-state index is 10.4. The Morgan fingerprint density at radius 1 is 1.57 bits per heavy atom. The zero-order chi connectivity index (χ0) is 11.3. The van der Waals surface area contributed by atoms with Crippen molar-refractivity contribution in [1.29, 1.82) is 0 Å². The molecule has 6 heteroatoms. The van der Waals surface area contributed by atoms with Crippen molar-refractivity contribution in [3.63, 3.8) is 0 Å². The van der Waals surface area contributed by atoms with Crippen LogP contribution in [0.15, 0.2) is 12.3 Å². The summed E-state index contributed by atoms with van der Waals surface area (Å²) < 4.78 is 0.507. The van der Waals surface area contributed by atoms with Gasteiger partial charge in [-0.3, -0.25) is 15.3 Å². The number of nitrogens with zero attached hydrogens (tertiary/aromatic N) is 2. The molecule has 1 rings (SSSR count). The molecule has 0 radical (unpaired) electrons. The molecule has 5 nitrogen and oxygen atoms in total. The Labute approximate surface area is 86.7 Å². The zero-order valence-electron chi connectivity index (χ0n) is 8.19. The van der Waals surface area contributed by atoms with E-state index in [9.17, 15) is 10.1 Å². The topological polar surface area (TPSA) is 67.2 Å². The quantitative estimate of drug-likeness (QED) is 0.259. The summed E-state index contributed by atoms with van der Waals surface area (Å²) in [4.78, 5) is 9.76. The van der Waals surface area contributed by atoms with E-state index < -0.39 is 4.92 Å². The van der Waals surface area contributed by atoms with Crippen molar-refractivity contribution in [2.75, 3.05) is 0 Å². The number of nitro groups is 1. The molecule has 1 aromatic rings. The summed E-state index contributed by atoms with van der Waals surface area (Å²) >= 11 is 5.46. The van der Waals surface area contributed by atoms with Crippen LogP contribution in [0.1, 0.15) is 19.4 Å². The van der Waals surface area contributed by atoms with Gasteiger partial charge in [0.15, 0.2) is 0 Å². The van der Waals surface area contributed by atoms with Gasteiger partial charge in [-0.2, -0.15) is 0 Å². The van der Waals surface area contributed by atoms with Crippen LogP contribution in [-0.2, 0) is 0 Å². The molecular weight excluding hydrogens is 208 g/mol. The molecule has 0 aromatic carbocycles. The first kappa shape index (κ1) is 12.6. The maximum atomic E-state index is 10.4. The van der Waals surface area contributed by atoms with Gasteiger partial charge in [0.05, 0.1) is 4.92 Å². The van der Waals surface area contributed by atoms with E-state index >= 15 is 0 Å². The first-order valence-corrected chi connectivity index (χ1v) is 4.46. The molecule has 0 saturated carbocycles. The highest BCUT2D eigenvalue weighted by molar-refractivity contribution is 6.30. The monoisotopic (exact) mass is 219 g/mol. The van der Waals surface area contributed by atoms with Gasteiger partial charge >= 0.3 is 10.8 Å². The maximum Gasteiger partial charge on any atom is 0.402 e. The van der Waals surface area contributed by atoms with E-state index in [1.54, 1.807) is 6.92 Å². The Morgan fingerprint density at radius 3 is 2.43 bits per heavy atom. The first-order valence-electron chi connectivity index (χ1n) is 4.08. The van der Waals surface area contributed by atoms with E-state index in [1.165, 1.54) is 12.3 Å². The minimum absolute atomic E-state index is 0.276. The van der Waals surface area contributed by atoms with E-state index in [0.717, 1.165) is 0 Å². The summed E-state index contributed by atoms with van der Waals surface area (Å²) in [5.74, 6) is 0. The number of hydrogen-bond donors (Lipinski definition) is 1. The number of pyridine rings is 1. The normalized spacial score (nSPS) is 8.86. The molecule has 1 aromatic heterocycles. The Kier molecular flexibility index (Phi) is 4.86. The van der Waals surface area contributed by atoms with Crippen LogP contribution >= 0.6 is 11.6 Å². The summed E-state index contributed by atoms with van der Waals surface area (Å²) in [5.41, 5.74) is 0.136. The van der Waals surface area contributed by atoms with Crippen LogP contribution < -0.4 is 4.73 Å². The fourth-order valence-corrected chi connectivity index (χ4v) is 1.09. The van der Waals surface area contributed by atoms with Crippen LogP contribution in [0.2, 0.25) is 5.15 Å². The molecule has 1 N–H and O–H groups in total. The second kappa shape index (κ2) is 5.39. The summed E-state index contributed by atoms with van der Waals surface area (Å²) in [6.45, 7) is 5.55. The predicted molar refractivity (Wildman–Crippen MR) is 51.6 cm³/mol. The third-order valence-corrected chi connectivity index (χ3v) is 1.77. The van der Waals surface area contributed by atoms with Crippen molar-refractivity contribution in [3.05, 3.63) is 33.1 Å². The minimum atomic E-state index is -0.635. The molecule has 0 fully saturated rings. The highest BCUT2D eigenvalue weighted by Crippen LogP contribution is 2.23. The molecule has 0 atom stereocenters. The van der Waals surface area contributed by atoms with Crippen molar-refractivity contribution in [2.45, 2.75) is 20.8 Å². The average Bonchev–Trinajstić information content (AvgIpc) is 2.15. The largest absolute Gasteiger partial charge is 0.402 e. The van der Waals surface area contributed by atoms with Gasteiger partial charge in [0.25, 0.3) is 0 Å². The first-order chi connectivity index (χ1) is 6.54. The molecule has 14 heavy (non-hydrogen) atoms. The standard InChI is InChI=1S/C6H6ClN2O3.C2H6/c1-4-2-3-8(10)6(7)5(4)9(11)12;1-2/h2-3,10H,1H3;1-2H3/q+1;. The van der Waals surface area contributed by atoms with Crippen LogP contribution in [0.4, 0.5) is 5.69 Å². The van der Waals surface area contributed by atoms with Crippen molar-refractivity contribution in [2.24, 2.45) is 0 Å². The summed E-state index contributed by atoms with van der Waals surface area (Å²) in [6, 6.07) is 1.41. The lowest BCUT2D eigenvalue weighted by molar-refractivity contribution is -0.903. The SMILES string of the molecule is CC.Cc1cc[n+](O)c(Cl)c1[N+](=O)[O-]. The molecule has 0 bridgehead atoms. The molecule has 1 heterocycles. The van der Waals surface area contributed by atoms with Crippen molar-refractivity contribution >= 4 is 17.3 Å². The highest BCUT2D eigenvalue weighted by atomic mass is 35.5. The number of rotatable bonds is 1. The molecule has 0 saturated heterocycles. The lowest BCUT2D eigenvalue weighted by Crippen LogP contribution is -2.31. The van der Waals surface area contributed by atoms with Gasteiger partial charge < -0.3 is 0 Å². The third-order valence-electron chi connectivity index (χ3n) is 1.42. The molecule has 0 spiro atoms. The number of aryl methyl sites for hydroxylation is 1. The van der Waals surface area contributed by atoms with E-state index in [-0.39, 0.29) is 10.8 Å². The second-order valence-corrected chi connectivity index (χ2v) is 2.60. The van der Waals surface area contributed by atoms with E-state index in [1.807, 2.05) is 13.8 Å². The van der Waals surface area contributed by atoms with Crippen LogP contribution in [0.5, 0.6) is 0 Å². The van der Waals surface area contributed by atoms with E-state index in [2.05, 4.69) is 0 Å². The molecule has 0 amide bonds. The van der Waals surface area contributed by atoms with E-state index in [4.69, 9.17) is 16.8 Å². The van der Waals surface area contributed by atoms with Crippen molar-refractivity contribution in [3.8, 4) is 0 Å². The Bertz CT molecular complexity index is 342. The van der Waals surface area contributed by atoms with Crippen LogP contribution in [0.3, 0.4) is 0 Å². The van der Waals surface area contributed by atoms with Gasteiger partial charge in [-0.1, -0.05) is 13.8 Å². The van der Waals surface area contributed by atoms with Crippen molar-refractivity contribution in [1.82, 2.24) is 0 Å². The van der Waals surface area contributed by atoms with Crippen LogP contribution in [0, 0.1) is 17.0 Å². The fraction of sp³-hybridized carbons (Fsp3) is 0.375. The van der Waals surface area contributed by atoms with Gasteiger partial charge in [0, 0.05) is 28.0 Å². The smallest absolute Gasteiger partial charge is 0.283 e. The summed E-state index contributed by atoms with van der Waals surface area (Å²) in [7, 11) is 0. The van der Waals surface area contributed by atoms with Gasteiger partial charge in [0.1, 0.15) is 0 Å². The number of halogens is 1. The number of aromatic nitrogens is 1. The molecule has 78 valence electrons. The van der Waals surface area contributed by atoms with Crippen molar-refractivity contribution < 1.29 is 14.9 Å². The van der Waals surface area contributed by atoms with Crippen LogP contribution in [-0.4, -0.2) is 10.1 Å². The van der Waals surface area contributed by atoms with Gasteiger partial charge in [0.2, 0.25) is 6.20 Å². The molecular formula is C8H12ClN2O3+. The third kappa shape index (κ3) is 2.56. The van der Waals surface area contributed by atoms with Gasteiger partial charge in [-0.25, -0.2) is 0 Å². The Hall–Kier alpha value is -1.36. The molecule has 0 unspecified atom stereocenters. The molecule has 0 aliphatic heterocycles. The highest BCUT2D eigenvalue weighted by Gasteiger charge is 2.26. The predicted octanol–water partition coefficient (Wildman–Crippen LogP) is 2.11. The lowest BCUT2D eigenvalue weighted by Gasteiger charge is -1.93. The van der Waals surface area contributed by atoms with Gasteiger partial charge in [-0.15, -0.1) is 0 Å². The Balaban J connectivity index is 0.000000791. The minimum Gasteiger partial charge on any atom is -0.283 e. The zero-order valence-corrected chi connectivity index (χ0v) is 8.95. The number of hydrogen-bond acceptors (Lipinski definition) is 3. The fourth-order valence-electron chi connectivity index (χ4n) is 0.817. The van der Waals surface area contributed by atoms with Crippen LogP contribution in [0.25, 0.3) is 0 Å². The Morgan fingerprint density at radius 2 is 2.07 bits per heavy atom. The summed E-state index contributed by atoms with van der Waals surface area (Å²) in [6.07, 6.45) is 1.24. The lowest BCUT2D eigenvalue weighted by atomic mass is 10.2. The molecule has 0 aliphatic carbocycles.